The van der Waals surface area contributed by atoms with E-state index >= 15 is 0 Å². The Kier molecular flexibility index (Phi) is 58.7. The summed E-state index contributed by atoms with van der Waals surface area (Å²) in [7, 11) is 0. The van der Waals surface area contributed by atoms with Crippen molar-refractivity contribution in [3.05, 3.63) is 72.9 Å². The Labute approximate surface area is 453 Å². The Morgan fingerprint density at radius 3 is 0.795 bits per heavy atom. The van der Waals surface area contributed by atoms with Crippen molar-refractivity contribution in [2.75, 3.05) is 13.2 Å². The molecule has 0 N–H and O–H groups in total. The zero-order valence-corrected chi connectivity index (χ0v) is 48.4. The molecule has 6 heteroatoms. The Morgan fingerprint density at radius 2 is 0.493 bits per heavy atom. The van der Waals surface area contributed by atoms with Crippen molar-refractivity contribution in [3.8, 4) is 0 Å². The van der Waals surface area contributed by atoms with Gasteiger partial charge in [0.2, 0.25) is 0 Å². The van der Waals surface area contributed by atoms with Gasteiger partial charge in [-0.15, -0.1) is 0 Å². The Bertz CT molecular complexity index is 1360. The molecule has 0 saturated carbocycles. The van der Waals surface area contributed by atoms with Crippen molar-refractivity contribution in [1.29, 1.82) is 0 Å². The van der Waals surface area contributed by atoms with Gasteiger partial charge in [0.15, 0.2) is 6.10 Å². The first kappa shape index (κ1) is 69.8. The van der Waals surface area contributed by atoms with E-state index in [1.165, 1.54) is 167 Å². The maximum atomic E-state index is 12.9. The molecular formula is C67H118O6. The Morgan fingerprint density at radius 1 is 0.274 bits per heavy atom. The van der Waals surface area contributed by atoms with E-state index in [0.717, 1.165) is 109 Å². The summed E-state index contributed by atoms with van der Waals surface area (Å²) < 4.78 is 16.9. The number of esters is 3. The van der Waals surface area contributed by atoms with E-state index in [1.807, 2.05) is 0 Å². The lowest BCUT2D eigenvalue weighted by Crippen LogP contribution is -2.30. The average molecular weight is 1020 g/mol. The highest BCUT2D eigenvalue weighted by Gasteiger charge is 2.19. The minimum absolute atomic E-state index is 0.0868. The van der Waals surface area contributed by atoms with Crippen LogP contribution in [0.4, 0.5) is 0 Å². The maximum absolute atomic E-state index is 12.9. The van der Waals surface area contributed by atoms with Crippen molar-refractivity contribution in [2.24, 2.45) is 0 Å². The normalized spacial score (nSPS) is 12.5. The minimum atomic E-state index is -0.790. The fourth-order valence-electron chi connectivity index (χ4n) is 8.89. The van der Waals surface area contributed by atoms with Crippen molar-refractivity contribution < 1.29 is 28.6 Å². The molecule has 0 aromatic heterocycles. The average Bonchev–Trinajstić information content (AvgIpc) is 3.39. The highest BCUT2D eigenvalue weighted by Crippen LogP contribution is 2.15. The fraction of sp³-hybridized carbons (Fsp3) is 0.776. The lowest BCUT2D eigenvalue weighted by Gasteiger charge is -2.18. The molecule has 73 heavy (non-hydrogen) atoms. The van der Waals surface area contributed by atoms with Crippen LogP contribution < -0.4 is 0 Å². The summed E-state index contributed by atoms with van der Waals surface area (Å²) in [6.45, 7) is 6.61. The standard InChI is InChI=1S/C67H118O6/c1-4-7-10-13-16-19-22-25-28-31-32-33-34-35-36-37-40-42-45-48-51-54-57-60-66(69)72-63-64(73-67(70)61-58-55-52-49-46-43-39-30-27-24-21-18-15-12-9-6-3)62-71-65(68)59-56-53-50-47-44-41-38-29-26-23-20-17-14-11-8-5-2/h21-22,24-25,29-32,34-35,38-39,64H,4-20,23,26-28,33,36-37,40-63H2,1-3H3/b24-21-,25-22-,32-31-,35-34-,38-29-,39-30-. The number of hydrogen-bond donors (Lipinski definition) is 0. The zero-order chi connectivity index (χ0) is 52.9. The molecular weight excluding hydrogens is 901 g/mol. The molecule has 1 atom stereocenters. The quantitative estimate of drug-likeness (QED) is 0.0261. The van der Waals surface area contributed by atoms with Crippen LogP contribution in [0.3, 0.4) is 0 Å². The molecule has 0 aliphatic heterocycles. The molecule has 1 unspecified atom stereocenters. The van der Waals surface area contributed by atoms with Gasteiger partial charge in [-0.05, 0) is 116 Å². The van der Waals surface area contributed by atoms with Crippen LogP contribution in [0.2, 0.25) is 0 Å². The summed E-state index contributed by atoms with van der Waals surface area (Å²) in [4.78, 5) is 38.3. The van der Waals surface area contributed by atoms with Gasteiger partial charge in [0.25, 0.3) is 0 Å². The lowest BCUT2D eigenvalue weighted by molar-refractivity contribution is -0.167. The number of carbonyl (C=O) groups is 3. The van der Waals surface area contributed by atoms with Gasteiger partial charge in [-0.25, -0.2) is 0 Å². The van der Waals surface area contributed by atoms with E-state index in [9.17, 15) is 14.4 Å². The van der Waals surface area contributed by atoms with Gasteiger partial charge in [0.05, 0.1) is 0 Å². The summed E-state index contributed by atoms with van der Waals surface area (Å²) in [6.07, 6.45) is 78.9. The van der Waals surface area contributed by atoms with Gasteiger partial charge in [0.1, 0.15) is 13.2 Å². The number of carbonyl (C=O) groups excluding carboxylic acids is 3. The number of hydrogen-bond acceptors (Lipinski definition) is 6. The molecule has 0 amide bonds. The van der Waals surface area contributed by atoms with E-state index in [1.54, 1.807) is 0 Å². The van der Waals surface area contributed by atoms with Crippen molar-refractivity contribution in [3.63, 3.8) is 0 Å². The Balaban J connectivity index is 4.38. The molecule has 0 radical (unpaired) electrons. The predicted molar refractivity (Wildman–Crippen MR) is 316 cm³/mol. The monoisotopic (exact) mass is 1020 g/mol. The van der Waals surface area contributed by atoms with Gasteiger partial charge in [-0.1, -0.05) is 254 Å². The van der Waals surface area contributed by atoms with Gasteiger partial charge < -0.3 is 14.2 Å². The smallest absolute Gasteiger partial charge is 0.306 e. The first-order chi connectivity index (χ1) is 36.0. The summed E-state index contributed by atoms with van der Waals surface area (Å²) in [5, 5.41) is 0. The van der Waals surface area contributed by atoms with Crippen LogP contribution in [0.5, 0.6) is 0 Å². The van der Waals surface area contributed by atoms with Crippen molar-refractivity contribution in [2.45, 2.75) is 322 Å². The van der Waals surface area contributed by atoms with Crippen LogP contribution in [-0.2, 0) is 28.6 Å². The number of rotatable bonds is 57. The zero-order valence-electron chi connectivity index (χ0n) is 48.4. The van der Waals surface area contributed by atoms with E-state index in [2.05, 4.69) is 93.7 Å². The first-order valence-electron chi connectivity index (χ1n) is 31.4. The summed E-state index contributed by atoms with van der Waals surface area (Å²) >= 11 is 0. The van der Waals surface area contributed by atoms with Gasteiger partial charge in [-0.3, -0.25) is 14.4 Å². The van der Waals surface area contributed by atoms with Crippen LogP contribution >= 0.6 is 0 Å². The second-order valence-corrected chi connectivity index (χ2v) is 21.0. The molecule has 0 aromatic carbocycles. The lowest BCUT2D eigenvalue weighted by atomic mass is 10.1. The molecule has 0 heterocycles. The predicted octanol–water partition coefficient (Wildman–Crippen LogP) is 21.3. The van der Waals surface area contributed by atoms with Gasteiger partial charge >= 0.3 is 17.9 Å². The fourth-order valence-corrected chi connectivity index (χ4v) is 8.89. The van der Waals surface area contributed by atoms with Gasteiger partial charge in [-0.2, -0.15) is 0 Å². The molecule has 422 valence electrons. The third-order valence-corrected chi connectivity index (χ3v) is 13.7. The molecule has 0 aromatic rings. The van der Waals surface area contributed by atoms with Gasteiger partial charge in [0, 0.05) is 19.3 Å². The van der Waals surface area contributed by atoms with Crippen LogP contribution in [0.1, 0.15) is 316 Å². The van der Waals surface area contributed by atoms with E-state index in [4.69, 9.17) is 14.2 Å². The topological polar surface area (TPSA) is 78.9 Å². The second kappa shape index (κ2) is 61.4. The molecule has 0 aliphatic rings. The number of allylic oxidation sites excluding steroid dienone is 12. The SMILES string of the molecule is CCCCCC/C=C\C/C=C\CCCCCCCC(=O)OC(COC(=O)CCCCCCC/C=C\CCCCCCCCC)COC(=O)CCCCCCCCCC/C=C\C/C=C\C/C=C\CCCCCCC. The third kappa shape index (κ3) is 59.6. The van der Waals surface area contributed by atoms with Crippen LogP contribution in [0.25, 0.3) is 0 Å². The third-order valence-electron chi connectivity index (χ3n) is 13.7. The van der Waals surface area contributed by atoms with Crippen molar-refractivity contribution in [1.82, 2.24) is 0 Å². The summed E-state index contributed by atoms with van der Waals surface area (Å²) in [5.74, 6) is -0.903. The number of unbranched alkanes of at least 4 members (excludes halogenated alkanes) is 34. The molecule has 6 nitrogen and oxygen atoms in total. The molecule has 0 saturated heterocycles. The molecule has 0 fully saturated rings. The second-order valence-electron chi connectivity index (χ2n) is 21.0. The van der Waals surface area contributed by atoms with Crippen LogP contribution in [0, 0.1) is 0 Å². The molecule has 0 aliphatic carbocycles. The largest absolute Gasteiger partial charge is 0.462 e. The molecule has 0 bridgehead atoms. The van der Waals surface area contributed by atoms with E-state index in [-0.39, 0.29) is 31.1 Å². The summed E-state index contributed by atoms with van der Waals surface area (Å²) in [5.41, 5.74) is 0. The minimum Gasteiger partial charge on any atom is -0.462 e. The van der Waals surface area contributed by atoms with Crippen LogP contribution in [-0.4, -0.2) is 37.2 Å². The molecule has 0 spiro atoms. The van der Waals surface area contributed by atoms with Crippen molar-refractivity contribution >= 4 is 17.9 Å². The molecule has 0 rings (SSSR count). The maximum Gasteiger partial charge on any atom is 0.306 e. The highest BCUT2D eigenvalue weighted by molar-refractivity contribution is 5.71. The van der Waals surface area contributed by atoms with Crippen LogP contribution in [0.15, 0.2) is 72.9 Å². The number of ether oxygens (including phenoxy) is 3. The highest BCUT2D eigenvalue weighted by atomic mass is 16.6. The Hall–Kier alpha value is -3.15. The summed E-state index contributed by atoms with van der Waals surface area (Å²) in [6, 6.07) is 0. The van der Waals surface area contributed by atoms with E-state index < -0.39 is 6.10 Å². The van der Waals surface area contributed by atoms with E-state index in [0.29, 0.717) is 19.3 Å². The first-order valence-corrected chi connectivity index (χ1v) is 31.4.